The molecule has 0 aliphatic carbocycles. The molecule has 0 aliphatic heterocycles. The van der Waals surface area contributed by atoms with Crippen molar-refractivity contribution in [2.45, 2.75) is 20.1 Å². The number of pyridine rings is 1. The molecule has 0 atom stereocenters. The minimum atomic E-state index is -1.50. The van der Waals surface area contributed by atoms with E-state index in [1.54, 1.807) is 24.3 Å². The summed E-state index contributed by atoms with van der Waals surface area (Å²) in [5.41, 5.74) is 0.819. The van der Waals surface area contributed by atoms with Crippen molar-refractivity contribution >= 4 is 11.9 Å². The zero-order valence-electron chi connectivity index (χ0n) is 14.9. The highest BCUT2D eigenvalue weighted by molar-refractivity contribution is 5.93. The summed E-state index contributed by atoms with van der Waals surface area (Å²) in [5.74, 6) is -1.20. The fraction of sp³-hybridized carbons (Fsp3) is 0.188. The van der Waals surface area contributed by atoms with Gasteiger partial charge in [-0.3, -0.25) is 9.78 Å². The third-order valence-electron chi connectivity index (χ3n) is 3.01. The first-order valence-corrected chi connectivity index (χ1v) is 7.68. The Balaban J connectivity index is 0.000000960. The van der Waals surface area contributed by atoms with Crippen LogP contribution < -0.4 is 4.74 Å². The Kier molecular flexibility index (Phi) is 8.97. The third kappa shape index (κ3) is 8.76. The van der Waals surface area contributed by atoms with E-state index in [0.717, 1.165) is 0 Å². The summed E-state index contributed by atoms with van der Waals surface area (Å²) in [6.07, 6.45) is 1.46. The minimum absolute atomic E-state index is 0.0803. The molecule has 1 heterocycles. The van der Waals surface area contributed by atoms with Gasteiger partial charge < -0.3 is 19.5 Å². The van der Waals surface area contributed by atoms with Crippen molar-refractivity contribution in [3.05, 3.63) is 79.6 Å². The molecule has 29 heavy (non-hydrogen) atoms. The highest BCUT2D eigenvalue weighted by Crippen LogP contribution is 2.20. The van der Waals surface area contributed by atoms with Crippen LogP contribution in [0.5, 0.6) is 5.75 Å². The summed E-state index contributed by atoms with van der Waals surface area (Å²) < 4.78 is 10.1. The number of hydrogen-bond acceptors (Lipinski definition) is 10. The number of esters is 2. The molecule has 1 aromatic carbocycles. The Morgan fingerprint density at radius 1 is 1.10 bits per heavy atom. The van der Waals surface area contributed by atoms with Gasteiger partial charge in [0.1, 0.15) is 24.5 Å². The molecule has 2 aromatic rings. The lowest BCUT2D eigenvalue weighted by molar-refractivity contribution is -0.763. The Morgan fingerprint density at radius 3 is 2.38 bits per heavy atom. The molecule has 0 saturated carbocycles. The molecule has 1 N–H and O–H groups in total. The Morgan fingerprint density at radius 2 is 1.76 bits per heavy atom. The van der Waals surface area contributed by atoms with Gasteiger partial charge in [0.05, 0.1) is 5.69 Å². The lowest BCUT2D eigenvalue weighted by atomic mass is 10.2. The first kappa shape index (κ1) is 22.8. The van der Waals surface area contributed by atoms with E-state index in [1.807, 2.05) is 0 Å². The van der Waals surface area contributed by atoms with E-state index in [2.05, 4.69) is 9.82 Å². The molecular formula is C16H15N3O10. The molecule has 0 radical (unpaired) electrons. The minimum Gasteiger partial charge on any atom is -0.455 e. The fourth-order valence-electron chi connectivity index (χ4n) is 1.95. The number of rotatable bonds is 7. The van der Waals surface area contributed by atoms with Crippen LogP contribution in [0.25, 0.3) is 0 Å². The van der Waals surface area contributed by atoms with Crippen LogP contribution in [0.2, 0.25) is 0 Å². The average Bonchev–Trinajstić information content (AvgIpc) is 2.64. The van der Waals surface area contributed by atoms with Crippen molar-refractivity contribution in [1.82, 2.24) is 4.98 Å². The molecule has 0 spiro atoms. The van der Waals surface area contributed by atoms with Gasteiger partial charge in [-0.05, 0) is 18.2 Å². The van der Waals surface area contributed by atoms with Crippen molar-refractivity contribution in [2.24, 2.45) is 0 Å². The van der Waals surface area contributed by atoms with Crippen LogP contribution >= 0.6 is 0 Å². The first-order chi connectivity index (χ1) is 13.7. The van der Waals surface area contributed by atoms with Crippen LogP contribution in [0.4, 0.5) is 0 Å². The first-order valence-electron chi connectivity index (χ1n) is 7.68. The number of aromatic nitrogens is 1. The van der Waals surface area contributed by atoms with Gasteiger partial charge in [0, 0.05) is 18.7 Å². The zero-order valence-corrected chi connectivity index (χ0v) is 14.9. The number of hydrogen-bond donors (Lipinski definition) is 1. The van der Waals surface area contributed by atoms with Gasteiger partial charge in [-0.15, -0.1) is 20.2 Å². The van der Waals surface area contributed by atoms with Crippen molar-refractivity contribution in [1.29, 1.82) is 0 Å². The summed E-state index contributed by atoms with van der Waals surface area (Å²) in [5, 5.41) is 23.0. The molecule has 13 heteroatoms. The maximum atomic E-state index is 12.2. The molecule has 2 rings (SSSR count). The van der Waals surface area contributed by atoms with Crippen molar-refractivity contribution in [3.63, 3.8) is 0 Å². The highest BCUT2D eigenvalue weighted by Gasteiger charge is 2.16. The molecule has 1 aromatic heterocycles. The number of nitrogens with zero attached hydrogens (tertiary/aromatic N) is 3. The second kappa shape index (κ2) is 11.4. The smallest absolute Gasteiger partial charge is 0.342 e. The van der Waals surface area contributed by atoms with Crippen LogP contribution in [0.3, 0.4) is 0 Å². The number of carbonyl (C=O) groups is 2. The molecule has 13 nitrogen and oxygen atoms in total. The Hall–Kier alpha value is -4.29. The van der Waals surface area contributed by atoms with Gasteiger partial charge in [0.15, 0.2) is 0 Å². The molecule has 0 fully saturated rings. The zero-order chi connectivity index (χ0) is 21.8. The van der Waals surface area contributed by atoms with Crippen molar-refractivity contribution < 1.29 is 39.3 Å². The van der Waals surface area contributed by atoms with E-state index in [9.17, 15) is 19.7 Å². The van der Waals surface area contributed by atoms with Crippen molar-refractivity contribution in [2.75, 3.05) is 0 Å². The fourth-order valence-corrected chi connectivity index (χ4v) is 1.95. The molecule has 0 aliphatic rings. The lowest BCUT2D eigenvalue weighted by Gasteiger charge is -2.10. The number of benzene rings is 1. The van der Waals surface area contributed by atoms with E-state index in [1.165, 1.54) is 25.3 Å². The monoisotopic (exact) mass is 409 g/mol. The van der Waals surface area contributed by atoms with E-state index >= 15 is 0 Å². The van der Waals surface area contributed by atoms with Gasteiger partial charge >= 0.3 is 11.9 Å². The molecule has 154 valence electrons. The quantitative estimate of drug-likeness (QED) is 0.304. The highest BCUT2D eigenvalue weighted by atomic mass is 16.9. The second-order valence-corrected chi connectivity index (χ2v) is 5.01. The molecule has 0 unspecified atom stereocenters. The molecular weight excluding hydrogens is 394 g/mol. The maximum Gasteiger partial charge on any atom is 0.342 e. The summed E-state index contributed by atoms with van der Waals surface area (Å²) >= 11 is 0. The van der Waals surface area contributed by atoms with Gasteiger partial charge in [0.2, 0.25) is 0 Å². The van der Waals surface area contributed by atoms with Gasteiger partial charge in [-0.2, -0.15) is 0 Å². The van der Waals surface area contributed by atoms with Crippen molar-refractivity contribution in [3.8, 4) is 5.75 Å². The Bertz CT molecular complexity index is 883. The van der Waals surface area contributed by atoms with E-state index in [0.29, 0.717) is 11.3 Å². The van der Waals surface area contributed by atoms with Gasteiger partial charge in [-0.25, -0.2) is 4.79 Å². The second-order valence-electron chi connectivity index (χ2n) is 5.01. The third-order valence-corrected chi connectivity index (χ3v) is 3.01. The predicted octanol–water partition coefficient (Wildman–Crippen LogP) is 1.72. The SMILES string of the molecule is CC(=O)Oc1ccccc1C(=O)OCc1ncccc1CO[N+](=O)[O-].O=[N+]([O-])O. The largest absolute Gasteiger partial charge is 0.455 e. The van der Waals surface area contributed by atoms with Crippen LogP contribution in [0, 0.1) is 20.2 Å². The van der Waals surface area contributed by atoms with Gasteiger partial charge in [0.25, 0.3) is 10.2 Å². The lowest BCUT2D eigenvalue weighted by Crippen LogP contribution is -2.12. The van der Waals surface area contributed by atoms with Crippen LogP contribution in [-0.2, 0) is 27.6 Å². The summed E-state index contributed by atoms with van der Waals surface area (Å²) in [7, 11) is 0. The maximum absolute atomic E-state index is 12.2. The van der Waals surface area contributed by atoms with E-state index in [4.69, 9.17) is 24.8 Å². The van der Waals surface area contributed by atoms with Crippen LogP contribution in [0.15, 0.2) is 42.6 Å². The summed E-state index contributed by atoms with van der Waals surface area (Å²) in [6, 6.07) is 9.29. The summed E-state index contributed by atoms with van der Waals surface area (Å²) in [4.78, 5) is 50.3. The van der Waals surface area contributed by atoms with Gasteiger partial charge in [-0.1, -0.05) is 18.2 Å². The summed E-state index contributed by atoms with van der Waals surface area (Å²) in [6.45, 7) is 0.694. The molecule has 0 bridgehead atoms. The topological polar surface area (TPSA) is 181 Å². The number of ether oxygens (including phenoxy) is 2. The predicted molar refractivity (Wildman–Crippen MR) is 91.7 cm³/mol. The average molecular weight is 409 g/mol. The van der Waals surface area contributed by atoms with E-state index < -0.39 is 22.1 Å². The van der Waals surface area contributed by atoms with E-state index in [-0.39, 0.29) is 24.5 Å². The molecule has 0 amide bonds. The normalized spacial score (nSPS) is 9.41. The molecule has 0 saturated heterocycles. The number of para-hydroxylation sites is 1. The standard InChI is InChI=1S/C16H14N2O7.HNO3/c1-11(19)25-15-7-3-2-6-13(15)16(20)23-10-14-12(5-4-8-17-14)9-24-18(21)22;2-1(3)4/h2-8H,9-10H2,1H3;(H,2,3,4). The Labute approximate surface area is 162 Å². The number of carbonyl (C=O) groups excluding carboxylic acids is 2. The van der Waals surface area contributed by atoms with Crippen LogP contribution in [0.1, 0.15) is 28.5 Å². The van der Waals surface area contributed by atoms with Crippen LogP contribution in [-0.4, -0.2) is 32.3 Å².